The molecule has 0 atom stereocenters. The summed E-state index contributed by atoms with van der Waals surface area (Å²) in [6.45, 7) is 3.63. The van der Waals surface area contributed by atoms with Crippen LogP contribution in [0, 0.1) is 5.41 Å². The molecule has 0 spiro atoms. The van der Waals surface area contributed by atoms with E-state index in [0.29, 0.717) is 32.5 Å². The standard InChI is InChI=1S/C20H29N3O3.ClH/c1-26-15-20(9-11-21-12-10-20)14-22-18(24)8-13-23-17-5-3-2-4-16(17)6-7-19(23)25;/h2-5,21H,6-15H2,1H3,(H,22,24);1H. The van der Waals surface area contributed by atoms with Crippen molar-refractivity contribution in [1.82, 2.24) is 10.6 Å². The zero-order valence-electron chi connectivity index (χ0n) is 16.0. The highest BCUT2D eigenvalue weighted by atomic mass is 35.5. The van der Waals surface area contributed by atoms with Crippen LogP contribution in [0.4, 0.5) is 5.69 Å². The number of ether oxygens (including phenoxy) is 1. The largest absolute Gasteiger partial charge is 0.384 e. The molecule has 0 bridgehead atoms. The van der Waals surface area contributed by atoms with E-state index in [1.54, 1.807) is 12.0 Å². The fourth-order valence-corrected chi connectivity index (χ4v) is 3.96. The van der Waals surface area contributed by atoms with Crippen molar-refractivity contribution in [3.63, 3.8) is 0 Å². The molecule has 2 N–H and O–H groups in total. The molecule has 1 aromatic carbocycles. The molecule has 6 nitrogen and oxygen atoms in total. The fourth-order valence-electron chi connectivity index (χ4n) is 3.96. The zero-order valence-corrected chi connectivity index (χ0v) is 16.8. The van der Waals surface area contributed by atoms with E-state index in [1.807, 2.05) is 18.2 Å². The van der Waals surface area contributed by atoms with Gasteiger partial charge in [-0.1, -0.05) is 18.2 Å². The van der Waals surface area contributed by atoms with Crippen molar-refractivity contribution < 1.29 is 14.3 Å². The predicted molar refractivity (Wildman–Crippen MR) is 108 cm³/mol. The number of anilines is 1. The van der Waals surface area contributed by atoms with Crippen molar-refractivity contribution in [3.8, 4) is 0 Å². The van der Waals surface area contributed by atoms with Gasteiger partial charge in [0.05, 0.1) is 6.61 Å². The molecule has 7 heteroatoms. The van der Waals surface area contributed by atoms with Gasteiger partial charge in [-0.2, -0.15) is 0 Å². The highest BCUT2D eigenvalue weighted by Gasteiger charge is 2.32. The molecular formula is C20H30ClN3O3. The Bertz CT molecular complexity index is 642. The van der Waals surface area contributed by atoms with Crippen molar-refractivity contribution >= 4 is 29.9 Å². The van der Waals surface area contributed by atoms with E-state index in [2.05, 4.69) is 16.7 Å². The van der Waals surface area contributed by atoms with Crippen LogP contribution >= 0.6 is 12.4 Å². The number of carbonyl (C=O) groups is 2. The summed E-state index contributed by atoms with van der Waals surface area (Å²) >= 11 is 0. The molecule has 0 saturated carbocycles. The highest BCUT2D eigenvalue weighted by molar-refractivity contribution is 5.97. The molecule has 1 aromatic rings. The lowest BCUT2D eigenvalue weighted by Gasteiger charge is -2.37. The van der Waals surface area contributed by atoms with Crippen LogP contribution in [0.1, 0.15) is 31.2 Å². The van der Waals surface area contributed by atoms with Crippen LogP contribution in [-0.4, -0.2) is 51.7 Å². The average molecular weight is 396 g/mol. The average Bonchev–Trinajstić information content (AvgIpc) is 2.67. The van der Waals surface area contributed by atoms with Gasteiger partial charge in [0.1, 0.15) is 0 Å². The minimum absolute atomic E-state index is 0. The third-order valence-electron chi connectivity index (χ3n) is 5.53. The molecule has 2 amide bonds. The number of piperidine rings is 1. The number of amides is 2. The summed E-state index contributed by atoms with van der Waals surface area (Å²) in [5, 5.41) is 6.43. The number of methoxy groups -OCH3 is 1. The quantitative estimate of drug-likeness (QED) is 0.739. The van der Waals surface area contributed by atoms with Crippen molar-refractivity contribution in [2.75, 3.05) is 44.8 Å². The summed E-state index contributed by atoms with van der Waals surface area (Å²) in [4.78, 5) is 26.4. The second kappa shape index (κ2) is 10.1. The van der Waals surface area contributed by atoms with Gasteiger partial charge >= 0.3 is 0 Å². The minimum atomic E-state index is -0.00475. The SMILES string of the molecule is COCC1(CNC(=O)CCN2C(=O)CCc3ccccc32)CCNCC1.Cl. The first-order valence-electron chi connectivity index (χ1n) is 9.48. The van der Waals surface area contributed by atoms with E-state index in [1.165, 1.54) is 5.56 Å². The highest BCUT2D eigenvalue weighted by Crippen LogP contribution is 2.29. The topological polar surface area (TPSA) is 70.7 Å². The third-order valence-corrected chi connectivity index (χ3v) is 5.53. The van der Waals surface area contributed by atoms with E-state index < -0.39 is 0 Å². The number of para-hydroxylation sites is 1. The molecule has 0 aromatic heterocycles. The van der Waals surface area contributed by atoms with Crippen molar-refractivity contribution in [3.05, 3.63) is 29.8 Å². The van der Waals surface area contributed by atoms with Crippen LogP contribution in [0.3, 0.4) is 0 Å². The molecule has 2 heterocycles. The predicted octanol–water partition coefficient (Wildman–Crippen LogP) is 1.91. The number of fused-ring (bicyclic) bond motifs is 1. The van der Waals surface area contributed by atoms with Gasteiger partial charge in [-0.3, -0.25) is 9.59 Å². The zero-order chi connectivity index (χ0) is 18.4. The van der Waals surface area contributed by atoms with E-state index in [9.17, 15) is 9.59 Å². The van der Waals surface area contributed by atoms with Crippen LogP contribution in [0.2, 0.25) is 0 Å². The summed E-state index contributed by atoms with van der Waals surface area (Å²) < 4.78 is 5.39. The van der Waals surface area contributed by atoms with Crippen LogP contribution in [0.15, 0.2) is 24.3 Å². The Morgan fingerprint density at radius 3 is 2.74 bits per heavy atom. The molecule has 1 saturated heterocycles. The number of aryl methyl sites for hydroxylation is 1. The van der Waals surface area contributed by atoms with Gasteiger partial charge in [0.25, 0.3) is 0 Å². The first-order valence-corrected chi connectivity index (χ1v) is 9.48. The van der Waals surface area contributed by atoms with Crippen molar-refractivity contribution in [2.45, 2.75) is 32.1 Å². The number of rotatable bonds is 7. The van der Waals surface area contributed by atoms with E-state index in [4.69, 9.17) is 4.74 Å². The molecule has 27 heavy (non-hydrogen) atoms. The van der Waals surface area contributed by atoms with Crippen LogP contribution in [-0.2, 0) is 20.7 Å². The first-order chi connectivity index (χ1) is 12.6. The number of hydrogen-bond donors (Lipinski definition) is 2. The molecule has 2 aliphatic heterocycles. The minimum Gasteiger partial charge on any atom is -0.384 e. The lowest BCUT2D eigenvalue weighted by Crippen LogP contribution is -2.47. The number of hydrogen-bond acceptors (Lipinski definition) is 4. The molecule has 0 aliphatic carbocycles. The fraction of sp³-hybridized carbons (Fsp3) is 0.600. The molecular weight excluding hydrogens is 366 g/mol. The second-order valence-corrected chi connectivity index (χ2v) is 7.38. The summed E-state index contributed by atoms with van der Waals surface area (Å²) in [5.74, 6) is 0.0978. The van der Waals surface area contributed by atoms with Crippen molar-refractivity contribution in [2.24, 2.45) is 5.41 Å². The molecule has 0 radical (unpaired) electrons. The van der Waals surface area contributed by atoms with Gasteiger partial charge in [0.15, 0.2) is 0 Å². The maximum Gasteiger partial charge on any atom is 0.227 e. The van der Waals surface area contributed by atoms with E-state index in [-0.39, 0.29) is 29.6 Å². The van der Waals surface area contributed by atoms with Gasteiger partial charge in [0, 0.05) is 44.1 Å². The number of carbonyl (C=O) groups excluding carboxylic acids is 2. The summed E-state index contributed by atoms with van der Waals surface area (Å²) in [5.41, 5.74) is 2.15. The molecule has 150 valence electrons. The van der Waals surface area contributed by atoms with Crippen LogP contribution in [0.5, 0.6) is 0 Å². The number of nitrogens with one attached hydrogen (secondary N) is 2. The maximum atomic E-state index is 12.4. The Kier molecular flexibility index (Phi) is 8.07. The van der Waals surface area contributed by atoms with Gasteiger partial charge in [-0.25, -0.2) is 0 Å². The molecule has 3 rings (SSSR count). The molecule has 2 aliphatic rings. The second-order valence-electron chi connectivity index (χ2n) is 7.38. The van der Waals surface area contributed by atoms with E-state index in [0.717, 1.165) is 38.0 Å². The first kappa shape index (κ1) is 21.7. The third kappa shape index (κ3) is 5.43. The summed E-state index contributed by atoms with van der Waals surface area (Å²) in [6, 6.07) is 7.96. The van der Waals surface area contributed by atoms with Gasteiger partial charge in [0.2, 0.25) is 11.8 Å². The van der Waals surface area contributed by atoms with Crippen LogP contribution in [0.25, 0.3) is 0 Å². The lowest BCUT2D eigenvalue weighted by atomic mass is 9.79. The normalized spacial score (nSPS) is 18.4. The monoisotopic (exact) mass is 395 g/mol. The van der Waals surface area contributed by atoms with Gasteiger partial charge in [-0.15, -0.1) is 12.4 Å². The van der Waals surface area contributed by atoms with Crippen LogP contribution < -0.4 is 15.5 Å². The van der Waals surface area contributed by atoms with E-state index >= 15 is 0 Å². The number of nitrogens with zero attached hydrogens (tertiary/aromatic N) is 1. The van der Waals surface area contributed by atoms with Gasteiger partial charge < -0.3 is 20.3 Å². The Hall–Kier alpha value is -1.63. The summed E-state index contributed by atoms with van der Waals surface area (Å²) in [6.07, 6.45) is 3.62. The Balaban J connectivity index is 0.00000261. The van der Waals surface area contributed by atoms with Gasteiger partial charge in [-0.05, 0) is 44.0 Å². The Morgan fingerprint density at radius 1 is 1.26 bits per heavy atom. The Labute approximate surface area is 167 Å². The summed E-state index contributed by atoms with van der Waals surface area (Å²) in [7, 11) is 1.71. The smallest absolute Gasteiger partial charge is 0.227 e. The molecule has 0 unspecified atom stereocenters. The lowest BCUT2D eigenvalue weighted by molar-refractivity contribution is -0.122. The number of benzene rings is 1. The maximum absolute atomic E-state index is 12.4. The number of halogens is 1. The molecule has 1 fully saturated rings. The Morgan fingerprint density at radius 2 is 2.00 bits per heavy atom. The van der Waals surface area contributed by atoms with Crippen molar-refractivity contribution in [1.29, 1.82) is 0 Å².